The molecule has 30 heavy (non-hydrogen) atoms. The Hall–Kier alpha value is -2.84. The van der Waals surface area contributed by atoms with E-state index in [0.29, 0.717) is 19.0 Å². The van der Waals surface area contributed by atoms with Gasteiger partial charge in [0, 0.05) is 19.6 Å². The van der Waals surface area contributed by atoms with Crippen LogP contribution in [-0.4, -0.2) is 35.6 Å². The van der Waals surface area contributed by atoms with Crippen LogP contribution in [0.5, 0.6) is 0 Å². The Balaban J connectivity index is 1.61. The molecule has 3 rings (SSSR count). The zero-order valence-corrected chi connectivity index (χ0v) is 17.0. The predicted molar refractivity (Wildman–Crippen MR) is 111 cm³/mol. The Labute approximate surface area is 174 Å². The maximum absolute atomic E-state index is 12.8. The molecule has 1 fully saturated rings. The first-order chi connectivity index (χ1) is 14.5. The van der Waals surface area contributed by atoms with E-state index in [0.717, 1.165) is 37.0 Å². The molecule has 0 aromatic carbocycles. The highest BCUT2D eigenvalue weighted by Gasteiger charge is 2.32. The Morgan fingerprint density at radius 1 is 1.10 bits per heavy atom. The van der Waals surface area contributed by atoms with E-state index in [-0.39, 0.29) is 12.2 Å². The molecule has 6 nitrogen and oxygen atoms in total. The second-order valence-electron chi connectivity index (χ2n) is 7.16. The number of guanidine groups is 1. The van der Waals surface area contributed by atoms with E-state index >= 15 is 0 Å². The maximum atomic E-state index is 12.8. The lowest BCUT2D eigenvalue weighted by molar-refractivity contribution is -0.141. The van der Waals surface area contributed by atoms with Gasteiger partial charge in [0.05, 0.1) is 36.4 Å². The molecule has 0 amide bonds. The van der Waals surface area contributed by atoms with Crippen LogP contribution in [0.4, 0.5) is 18.9 Å². The van der Waals surface area contributed by atoms with Crippen molar-refractivity contribution in [3.63, 3.8) is 0 Å². The molecule has 2 aromatic rings. The highest BCUT2D eigenvalue weighted by Crippen LogP contribution is 2.27. The molecule has 9 heteroatoms. The molecule has 0 unspecified atom stereocenters. The van der Waals surface area contributed by atoms with Crippen molar-refractivity contribution in [1.29, 1.82) is 0 Å². The first kappa shape index (κ1) is 21.9. The van der Waals surface area contributed by atoms with Crippen LogP contribution < -0.4 is 15.5 Å². The fraction of sp³-hybridized carbons (Fsp3) is 0.476. The third-order valence-electron chi connectivity index (χ3n) is 4.76. The number of nitrogens with one attached hydrogen (secondary N) is 2. The van der Waals surface area contributed by atoms with Gasteiger partial charge in [-0.15, -0.1) is 0 Å². The number of hydrogen-bond acceptors (Lipinski definition) is 4. The van der Waals surface area contributed by atoms with Crippen molar-refractivity contribution in [2.75, 3.05) is 24.5 Å². The van der Waals surface area contributed by atoms with Crippen LogP contribution in [-0.2, 0) is 19.3 Å². The van der Waals surface area contributed by atoms with Crippen LogP contribution in [0.1, 0.15) is 43.3 Å². The molecule has 0 spiro atoms. The number of nitrogens with zero attached hydrogens (tertiary/aromatic N) is 4. The van der Waals surface area contributed by atoms with Crippen LogP contribution >= 0.6 is 0 Å². The van der Waals surface area contributed by atoms with Gasteiger partial charge in [0.1, 0.15) is 5.69 Å². The standard InChI is InChI=1S/C21H27F3N6/c1-2-10-25-20(28-14-17-6-5-7-19(29-17)21(22,23)24)27-13-16-8-9-18(15-26-16)30-11-3-4-12-30/h5-9,15H,2-4,10-14H2,1H3,(H2,25,27,28). The minimum Gasteiger partial charge on any atom is -0.370 e. The van der Waals surface area contributed by atoms with Gasteiger partial charge in [0.2, 0.25) is 0 Å². The second kappa shape index (κ2) is 10.3. The summed E-state index contributed by atoms with van der Waals surface area (Å²) in [6.07, 6.45) is 0.741. The molecule has 1 aliphatic rings. The van der Waals surface area contributed by atoms with Crippen LogP contribution in [0.15, 0.2) is 41.5 Å². The van der Waals surface area contributed by atoms with Gasteiger partial charge in [-0.05, 0) is 43.5 Å². The largest absolute Gasteiger partial charge is 0.433 e. The molecular formula is C21H27F3N6. The lowest BCUT2D eigenvalue weighted by atomic mass is 10.3. The normalized spacial score (nSPS) is 14.8. The highest BCUT2D eigenvalue weighted by atomic mass is 19.4. The van der Waals surface area contributed by atoms with Crippen molar-refractivity contribution in [2.24, 2.45) is 4.99 Å². The third-order valence-corrected chi connectivity index (χ3v) is 4.76. The molecule has 2 N–H and O–H groups in total. The van der Waals surface area contributed by atoms with E-state index < -0.39 is 11.9 Å². The summed E-state index contributed by atoms with van der Waals surface area (Å²) in [4.78, 5) is 14.9. The highest BCUT2D eigenvalue weighted by molar-refractivity contribution is 5.79. The fourth-order valence-electron chi connectivity index (χ4n) is 3.16. The summed E-state index contributed by atoms with van der Waals surface area (Å²) in [5.74, 6) is 0.515. The van der Waals surface area contributed by atoms with Crippen molar-refractivity contribution >= 4 is 11.6 Å². The fourth-order valence-corrected chi connectivity index (χ4v) is 3.16. The van der Waals surface area contributed by atoms with Crippen molar-refractivity contribution in [2.45, 2.75) is 45.5 Å². The summed E-state index contributed by atoms with van der Waals surface area (Å²) in [5, 5.41) is 6.35. The Kier molecular flexibility index (Phi) is 7.48. The Bertz CT molecular complexity index is 829. The van der Waals surface area contributed by atoms with Crippen LogP contribution in [0.2, 0.25) is 0 Å². The zero-order valence-electron chi connectivity index (χ0n) is 17.0. The molecule has 1 saturated heterocycles. The summed E-state index contributed by atoms with van der Waals surface area (Å²) in [7, 11) is 0. The Morgan fingerprint density at radius 3 is 2.57 bits per heavy atom. The molecule has 0 saturated carbocycles. The van der Waals surface area contributed by atoms with Gasteiger partial charge < -0.3 is 15.5 Å². The van der Waals surface area contributed by atoms with Crippen molar-refractivity contribution in [3.8, 4) is 0 Å². The lowest BCUT2D eigenvalue weighted by Crippen LogP contribution is -2.37. The van der Waals surface area contributed by atoms with Gasteiger partial charge in [0.25, 0.3) is 0 Å². The average Bonchev–Trinajstić information content (AvgIpc) is 3.28. The van der Waals surface area contributed by atoms with Crippen LogP contribution in [0.25, 0.3) is 0 Å². The topological polar surface area (TPSA) is 65.4 Å². The van der Waals surface area contributed by atoms with E-state index in [9.17, 15) is 13.2 Å². The van der Waals surface area contributed by atoms with Gasteiger partial charge >= 0.3 is 6.18 Å². The molecule has 0 radical (unpaired) electrons. The summed E-state index contributed by atoms with van der Waals surface area (Å²) < 4.78 is 38.5. The third kappa shape index (κ3) is 6.33. The molecule has 0 bridgehead atoms. The lowest BCUT2D eigenvalue weighted by Gasteiger charge is -2.17. The van der Waals surface area contributed by atoms with E-state index in [1.807, 2.05) is 19.2 Å². The number of aliphatic imine (C=N–C) groups is 1. The summed E-state index contributed by atoms with van der Waals surface area (Å²) >= 11 is 0. The minimum absolute atomic E-state index is 0.0459. The first-order valence-corrected chi connectivity index (χ1v) is 10.2. The number of rotatable bonds is 7. The second-order valence-corrected chi connectivity index (χ2v) is 7.16. The number of alkyl halides is 3. The summed E-state index contributed by atoms with van der Waals surface area (Å²) in [5.41, 5.74) is 1.34. The van der Waals surface area contributed by atoms with Crippen LogP contribution in [0, 0.1) is 0 Å². The van der Waals surface area contributed by atoms with Gasteiger partial charge in [-0.2, -0.15) is 13.2 Å². The quantitative estimate of drug-likeness (QED) is 0.528. The number of anilines is 1. The van der Waals surface area contributed by atoms with Crippen molar-refractivity contribution in [1.82, 2.24) is 20.6 Å². The summed E-state index contributed by atoms with van der Waals surface area (Å²) in [6, 6.07) is 7.89. The van der Waals surface area contributed by atoms with Gasteiger partial charge in [-0.3, -0.25) is 4.98 Å². The predicted octanol–water partition coefficient (Wildman–Crippen LogP) is 3.74. The monoisotopic (exact) mass is 420 g/mol. The van der Waals surface area contributed by atoms with Crippen molar-refractivity contribution in [3.05, 3.63) is 53.6 Å². The smallest absolute Gasteiger partial charge is 0.370 e. The number of halogens is 3. The summed E-state index contributed by atoms with van der Waals surface area (Å²) in [6.45, 7) is 5.37. The molecular weight excluding hydrogens is 393 g/mol. The van der Waals surface area contributed by atoms with E-state index in [1.165, 1.54) is 25.0 Å². The average molecular weight is 420 g/mol. The number of hydrogen-bond donors (Lipinski definition) is 2. The number of aromatic nitrogens is 2. The van der Waals surface area contributed by atoms with Gasteiger partial charge in [-0.1, -0.05) is 13.0 Å². The molecule has 3 heterocycles. The minimum atomic E-state index is -4.46. The molecule has 162 valence electrons. The maximum Gasteiger partial charge on any atom is 0.433 e. The number of pyridine rings is 2. The van der Waals surface area contributed by atoms with E-state index in [1.54, 1.807) is 0 Å². The Morgan fingerprint density at radius 2 is 1.90 bits per heavy atom. The molecule has 0 aliphatic carbocycles. The van der Waals surface area contributed by atoms with Gasteiger partial charge in [0.15, 0.2) is 5.96 Å². The van der Waals surface area contributed by atoms with E-state index in [2.05, 4.69) is 36.6 Å². The van der Waals surface area contributed by atoms with Gasteiger partial charge in [-0.25, -0.2) is 9.98 Å². The first-order valence-electron chi connectivity index (χ1n) is 10.2. The zero-order chi connectivity index (χ0) is 21.4. The van der Waals surface area contributed by atoms with Crippen LogP contribution in [0.3, 0.4) is 0 Å². The molecule has 2 aromatic heterocycles. The molecule has 0 atom stereocenters. The SMILES string of the molecule is CCCNC(=NCc1cccc(C(F)(F)F)n1)NCc1ccc(N2CCCC2)cn1. The molecule has 1 aliphatic heterocycles. The van der Waals surface area contributed by atoms with Crippen molar-refractivity contribution < 1.29 is 13.2 Å². The van der Waals surface area contributed by atoms with E-state index in [4.69, 9.17) is 0 Å².